The van der Waals surface area contributed by atoms with Crippen molar-refractivity contribution in [3.05, 3.63) is 103 Å². The summed E-state index contributed by atoms with van der Waals surface area (Å²) in [6, 6.07) is 14.9. The number of aromatic nitrogens is 5. The second-order valence-electron chi connectivity index (χ2n) is 8.23. The summed E-state index contributed by atoms with van der Waals surface area (Å²) in [6.07, 6.45) is 1.62. The third-order valence-corrected chi connectivity index (χ3v) is 6.32. The average molecular weight is 459 g/mol. The summed E-state index contributed by atoms with van der Waals surface area (Å²) in [6.45, 7) is 1.81. The summed E-state index contributed by atoms with van der Waals surface area (Å²) in [4.78, 5) is 39.6. The van der Waals surface area contributed by atoms with Gasteiger partial charge in [-0.3, -0.25) is 23.4 Å². The Morgan fingerprint density at radius 1 is 0.794 bits per heavy atom. The summed E-state index contributed by atoms with van der Waals surface area (Å²) in [5.74, 6) is -0.422. The molecule has 0 aliphatic carbocycles. The zero-order valence-corrected chi connectivity index (χ0v) is 19.1. The maximum atomic E-state index is 13.7. The fourth-order valence-corrected chi connectivity index (χ4v) is 4.44. The smallest absolute Gasteiger partial charge is 0.307 e. The van der Waals surface area contributed by atoms with Gasteiger partial charge in [-0.2, -0.15) is 0 Å². The highest BCUT2D eigenvalue weighted by Crippen LogP contribution is 2.31. The fourth-order valence-electron chi connectivity index (χ4n) is 4.44. The van der Waals surface area contributed by atoms with Gasteiger partial charge in [-0.15, -0.1) is 0 Å². The van der Waals surface area contributed by atoms with Gasteiger partial charge in [-0.05, 0) is 48.9 Å². The summed E-state index contributed by atoms with van der Waals surface area (Å²) < 4.78 is 21.0. The summed E-state index contributed by atoms with van der Waals surface area (Å²) in [5.41, 5.74) is 1.74. The number of aryl methyl sites for hydroxylation is 1. The molecule has 34 heavy (non-hydrogen) atoms. The molecule has 3 aromatic heterocycles. The molecular formula is C25H22FN5O3. The van der Waals surface area contributed by atoms with E-state index in [9.17, 15) is 18.8 Å². The second kappa shape index (κ2) is 7.58. The minimum absolute atomic E-state index is 0.269. The topological polar surface area (TPSA) is 75.9 Å². The zero-order valence-electron chi connectivity index (χ0n) is 19.1. The Bertz CT molecular complexity index is 1750. The molecule has 9 heteroatoms. The standard InChI is InChI=1S/C25H22FN5O3/c1-15-21(24(33)31(29(15)4)18-8-6-5-7-9-18)30-14-19-20(23(32)28(3)25(34)27(19)2)22(30)16-10-12-17(26)13-11-16/h5-14H,1-4H3. The van der Waals surface area contributed by atoms with Crippen molar-refractivity contribution in [2.75, 3.05) is 0 Å². The molecule has 0 aliphatic rings. The van der Waals surface area contributed by atoms with E-state index in [-0.39, 0.29) is 10.9 Å². The lowest BCUT2D eigenvalue weighted by atomic mass is 10.1. The Labute approximate surface area is 192 Å². The van der Waals surface area contributed by atoms with Crippen molar-refractivity contribution >= 4 is 10.9 Å². The SMILES string of the molecule is Cc1c(-n2cc3c(c2-c2ccc(F)cc2)c(=O)n(C)c(=O)n3C)c(=O)n(-c2ccccc2)n1C. The van der Waals surface area contributed by atoms with Gasteiger partial charge in [0.1, 0.15) is 11.5 Å². The van der Waals surface area contributed by atoms with E-state index >= 15 is 0 Å². The van der Waals surface area contributed by atoms with Crippen LogP contribution in [0.1, 0.15) is 5.69 Å². The van der Waals surface area contributed by atoms with Crippen molar-refractivity contribution < 1.29 is 4.39 Å². The molecule has 172 valence electrons. The first-order valence-electron chi connectivity index (χ1n) is 10.6. The van der Waals surface area contributed by atoms with Gasteiger partial charge >= 0.3 is 5.69 Å². The number of fused-ring (bicyclic) bond motifs is 1. The molecule has 8 nitrogen and oxygen atoms in total. The predicted octanol–water partition coefficient (Wildman–Crippen LogP) is 2.63. The predicted molar refractivity (Wildman–Crippen MR) is 128 cm³/mol. The third kappa shape index (κ3) is 2.93. The van der Waals surface area contributed by atoms with E-state index in [0.29, 0.717) is 33.8 Å². The second-order valence-corrected chi connectivity index (χ2v) is 8.23. The third-order valence-electron chi connectivity index (χ3n) is 6.32. The molecule has 5 aromatic rings. The Balaban J connectivity index is 1.96. The van der Waals surface area contributed by atoms with E-state index in [0.717, 1.165) is 4.57 Å². The summed E-state index contributed by atoms with van der Waals surface area (Å²) in [7, 11) is 4.76. The van der Waals surface area contributed by atoms with Gasteiger partial charge < -0.3 is 4.57 Å². The molecule has 0 saturated carbocycles. The van der Waals surface area contributed by atoms with Crippen LogP contribution in [0.15, 0.2) is 75.2 Å². The molecule has 5 rings (SSSR count). The quantitative estimate of drug-likeness (QED) is 0.416. The zero-order chi connectivity index (χ0) is 24.3. The molecule has 0 atom stereocenters. The lowest BCUT2D eigenvalue weighted by Crippen LogP contribution is -2.36. The van der Waals surface area contributed by atoms with Crippen LogP contribution in [0, 0.1) is 12.7 Å². The lowest BCUT2D eigenvalue weighted by Gasteiger charge is -2.09. The number of rotatable bonds is 3. The van der Waals surface area contributed by atoms with Crippen LogP contribution in [0.5, 0.6) is 0 Å². The number of benzene rings is 2. The molecule has 0 saturated heterocycles. The molecule has 0 aliphatic heterocycles. The van der Waals surface area contributed by atoms with Crippen molar-refractivity contribution in [1.29, 1.82) is 0 Å². The number of hydrogen-bond donors (Lipinski definition) is 0. The first-order chi connectivity index (χ1) is 16.2. The van der Waals surface area contributed by atoms with Crippen LogP contribution in [-0.4, -0.2) is 23.1 Å². The number of para-hydroxylation sites is 1. The lowest BCUT2D eigenvalue weighted by molar-refractivity contribution is 0.628. The first kappa shape index (κ1) is 21.4. The van der Waals surface area contributed by atoms with Crippen molar-refractivity contribution in [2.45, 2.75) is 6.92 Å². The van der Waals surface area contributed by atoms with Crippen molar-refractivity contribution in [2.24, 2.45) is 21.1 Å². The average Bonchev–Trinajstić information content (AvgIpc) is 3.32. The normalized spacial score (nSPS) is 11.4. The molecule has 0 spiro atoms. The van der Waals surface area contributed by atoms with E-state index in [2.05, 4.69) is 0 Å². The maximum Gasteiger partial charge on any atom is 0.330 e. The van der Waals surface area contributed by atoms with E-state index in [1.165, 1.54) is 23.7 Å². The van der Waals surface area contributed by atoms with Gasteiger partial charge in [0.2, 0.25) is 0 Å². The van der Waals surface area contributed by atoms with Crippen LogP contribution < -0.4 is 16.8 Å². The first-order valence-corrected chi connectivity index (χ1v) is 10.6. The number of nitrogens with zero attached hydrogens (tertiary/aromatic N) is 5. The number of hydrogen-bond acceptors (Lipinski definition) is 3. The van der Waals surface area contributed by atoms with E-state index in [4.69, 9.17) is 0 Å². The highest BCUT2D eigenvalue weighted by Gasteiger charge is 2.25. The molecule has 0 radical (unpaired) electrons. The van der Waals surface area contributed by atoms with Gasteiger partial charge in [0.05, 0.1) is 28.0 Å². The van der Waals surface area contributed by atoms with Crippen molar-refractivity contribution in [3.8, 4) is 22.6 Å². The maximum absolute atomic E-state index is 13.7. The van der Waals surface area contributed by atoms with Gasteiger partial charge in [0.25, 0.3) is 11.1 Å². The Hall–Kier alpha value is -4.40. The molecule has 3 heterocycles. The molecule has 0 fully saturated rings. The van der Waals surface area contributed by atoms with E-state index in [1.807, 2.05) is 37.3 Å². The molecular weight excluding hydrogens is 437 g/mol. The molecule has 0 N–H and O–H groups in total. The number of halogens is 1. The molecule has 2 aromatic carbocycles. The highest BCUT2D eigenvalue weighted by atomic mass is 19.1. The Morgan fingerprint density at radius 2 is 1.44 bits per heavy atom. The fraction of sp³-hybridized carbons (Fsp3) is 0.160. The Morgan fingerprint density at radius 3 is 2.09 bits per heavy atom. The van der Waals surface area contributed by atoms with Crippen molar-refractivity contribution in [3.63, 3.8) is 0 Å². The summed E-state index contributed by atoms with van der Waals surface area (Å²) >= 11 is 0. The van der Waals surface area contributed by atoms with Crippen molar-refractivity contribution in [1.82, 2.24) is 23.1 Å². The minimum Gasteiger partial charge on any atom is -0.307 e. The van der Waals surface area contributed by atoms with Crippen LogP contribution in [0.3, 0.4) is 0 Å². The molecule has 0 unspecified atom stereocenters. The van der Waals surface area contributed by atoms with Crippen LogP contribution in [0.25, 0.3) is 33.5 Å². The van der Waals surface area contributed by atoms with Gasteiger partial charge in [-0.25, -0.2) is 13.9 Å². The van der Waals surface area contributed by atoms with E-state index in [1.54, 1.807) is 46.4 Å². The highest BCUT2D eigenvalue weighted by molar-refractivity contribution is 5.94. The van der Waals surface area contributed by atoms with Gasteiger partial charge in [0, 0.05) is 27.3 Å². The van der Waals surface area contributed by atoms with Gasteiger partial charge in [-0.1, -0.05) is 18.2 Å². The van der Waals surface area contributed by atoms with Crippen LogP contribution in [-0.2, 0) is 21.1 Å². The molecule has 0 amide bonds. The monoisotopic (exact) mass is 459 g/mol. The van der Waals surface area contributed by atoms with Crippen LogP contribution in [0.4, 0.5) is 4.39 Å². The van der Waals surface area contributed by atoms with Crippen LogP contribution >= 0.6 is 0 Å². The van der Waals surface area contributed by atoms with E-state index < -0.39 is 17.1 Å². The molecule has 0 bridgehead atoms. The Kier molecular flexibility index (Phi) is 4.78. The van der Waals surface area contributed by atoms with Gasteiger partial charge in [0.15, 0.2) is 0 Å². The largest absolute Gasteiger partial charge is 0.330 e. The minimum atomic E-state index is -0.492. The van der Waals surface area contributed by atoms with Crippen LogP contribution in [0.2, 0.25) is 0 Å². The summed E-state index contributed by atoms with van der Waals surface area (Å²) in [5, 5.41) is 0.269.